The van der Waals surface area contributed by atoms with Crippen molar-refractivity contribution in [1.29, 1.82) is 0 Å². The number of carbonyl (C=O) groups excluding carboxylic acids is 1. The van der Waals surface area contributed by atoms with Crippen LogP contribution in [0.4, 0.5) is 0 Å². The fourth-order valence-electron chi connectivity index (χ4n) is 1.15. The van der Waals surface area contributed by atoms with Gasteiger partial charge in [-0.3, -0.25) is 0 Å². The quantitative estimate of drug-likeness (QED) is 0.533. The summed E-state index contributed by atoms with van der Waals surface area (Å²) >= 11 is 0. The van der Waals surface area contributed by atoms with Gasteiger partial charge in [0.25, 0.3) is 0 Å². The summed E-state index contributed by atoms with van der Waals surface area (Å²) in [6.45, 7) is 6.07. The maximum absolute atomic E-state index is 10.4. The van der Waals surface area contributed by atoms with E-state index in [9.17, 15) is 4.79 Å². The largest absolute Gasteiger partial charge is 0.350 e. The summed E-state index contributed by atoms with van der Waals surface area (Å²) in [6, 6.07) is 0. The van der Waals surface area contributed by atoms with Crippen LogP contribution in [0.5, 0.6) is 0 Å². The third-order valence-electron chi connectivity index (χ3n) is 1.87. The van der Waals surface area contributed by atoms with Crippen molar-refractivity contribution in [2.75, 3.05) is 6.61 Å². The van der Waals surface area contributed by atoms with Gasteiger partial charge in [0, 0.05) is 0 Å². The molecule has 1 aliphatic heterocycles. The van der Waals surface area contributed by atoms with E-state index in [1.165, 1.54) is 0 Å². The zero-order valence-electron chi connectivity index (χ0n) is 7.16. The first-order valence-electron chi connectivity index (χ1n) is 3.82. The summed E-state index contributed by atoms with van der Waals surface area (Å²) in [6.07, 6.45) is 0.858. The highest BCUT2D eigenvalue weighted by atomic mass is 16.7. The summed E-state index contributed by atoms with van der Waals surface area (Å²) in [4.78, 5) is 10.4. The van der Waals surface area contributed by atoms with Crippen LogP contribution in [0, 0.1) is 5.92 Å². The van der Waals surface area contributed by atoms with Gasteiger partial charge in [0.15, 0.2) is 5.79 Å². The second-order valence-electron chi connectivity index (χ2n) is 3.33. The summed E-state index contributed by atoms with van der Waals surface area (Å²) in [7, 11) is 0. The average molecular weight is 158 g/mol. The third-order valence-corrected chi connectivity index (χ3v) is 1.87. The van der Waals surface area contributed by atoms with Crippen LogP contribution in [0.2, 0.25) is 0 Å². The van der Waals surface area contributed by atoms with E-state index in [1.807, 2.05) is 20.8 Å². The van der Waals surface area contributed by atoms with Gasteiger partial charge in [-0.15, -0.1) is 0 Å². The summed E-state index contributed by atoms with van der Waals surface area (Å²) in [5.74, 6) is -0.637. The van der Waals surface area contributed by atoms with Gasteiger partial charge in [0.1, 0.15) is 6.29 Å². The average Bonchev–Trinajstić information content (AvgIpc) is 1.86. The molecule has 0 aromatic carbocycles. The van der Waals surface area contributed by atoms with Gasteiger partial charge in [0.05, 0.1) is 18.6 Å². The second kappa shape index (κ2) is 2.91. The normalized spacial score (nSPS) is 36.6. The highest BCUT2D eigenvalue weighted by molar-refractivity contribution is 5.54. The van der Waals surface area contributed by atoms with Gasteiger partial charge >= 0.3 is 0 Å². The Kier molecular flexibility index (Phi) is 2.30. The molecule has 64 valence electrons. The maximum atomic E-state index is 10.4. The van der Waals surface area contributed by atoms with Gasteiger partial charge in [0.2, 0.25) is 0 Å². The van der Waals surface area contributed by atoms with Crippen LogP contribution in [0.25, 0.3) is 0 Å². The van der Waals surface area contributed by atoms with Crippen LogP contribution in [0.3, 0.4) is 0 Å². The summed E-state index contributed by atoms with van der Waals surface area (Å²) < 4.78 is 10.7. The number of aldehydes is 1. The molecule has 3 nitrogen and oxygen atoms in total. The van der Waals surface area contributed by atoms with Crippen molar-refractivity contribution in [2.45, 2.75) is 32.7 Å². The molecule has 1 aliphatic rings. The first-order chi connectivity index (χ1) is 5.05. The van der Waals surface area contributed by atoms with Crippen LogP contribution in [0.1, 0.15) is 20.8 Å². The molecule has 2 unspecified atom stereocenters. The van der Waals surface area contributed by atoms with Crippen LogP contribution < -0.4 is 0 Å². The number of rotatable bonds is 1. The van der Waals surface area contributed by atoms with E-state index >= 15 is 0 Å². The maximum Gasteiger partial charge on any atom is 0.163 e. The van der Waals surface area contributed by atoms with E-state index in [4.69, 9.17) is 9.47 Å². The minimum Gasteiger partial charge on any atom is -0.350 e. The molecule has 0 bridgehead atoms. The van der Waals surface area contributed by atoms with Crippen molar-refractivity contribution in [2.24, 2.45) is 5.92 Å². The van der Waals surface area contributed by atoms with Crippen molar-refractivity contribution in [3.8, 4) is 0 Å². The Morgan fingerprint density at radius 1 is 1.55 bits per heavy atom. The van der Waals surface area contributed by atoms with E-state index in [0.717, 1.165) is 6.29 Å². The van der Waals surface area contributed by atoms with Crippen molar-refractivity contribution in [3.63, 3.8) is 0 Å². The van der Waals surface area contributed by atoms with Crippen LogP contribution >= 0.6 is 0 Å². The lowest BCUT2D eigenvalue weighted by molar-refractivity contribution is -0.282. The molecule has 0 amide bonds. The molecule has 1 rings (SSSR count). The van der Waals surface area contributed by atoms with Gasteiger partial charge in [-0.05, 0) is 20.8 Å². The summed E-state index contributed by atoms with van der Waals surface area (Å²) in [5.41, 5.74) is 0. The monoisotopic (exact) mass is 158 g/mol. The molecule has 3 heteroatoms. The molecule has 0 aromatic heterocycles. The Labute approximate surface area is 66.7 Å². The molecule has 0 radical (unpaired) electrons. The Morgan fingerprint density at radius 3 is 2.64 bits per heavy atom. The predicted octanol–water partition coefficient (Wildman–Crippen LogP) is 0.973. The fourth-order valence-corrected chi connectivity index (χ4v) is 1.15. The van der Waals surface area contributed by atoms with Gasteiger partial charge in [-0.25, -0.2) is 0 Å². The zero-order chi connectivity index (χ0) is 8.48. The second-order valence-corrected chi connectivity index (χ2v) is 3.33. The Bertz CT molecular complexity index is 153. The molecular weight excluding hydrogens is 144 g/mol. The molecule has 2 atom stereocenters. The number of carbonyl (C=O) groups is 1. The van der Waals surface area contributed by atoms with E-state index in [-0.39, 0.29) is 12.0 Å². The molecule has 1 saturated heterocycles. The number of ether oxygens (including phenoxy) is 2. The Balaban J connectivity index is 2.54. The SMILES string of the molecule is CC1OC(C)(C)OCC1C=O. The summed E-state index contributed by atoms with van der Waals surface area (Å²) in [5, 5.41) is 0. The lowest BCUT2D eigenvalue weighted by atomic mass is 10.1. The lowest BCUT2D eigenvalue weighted by Gasteiger charge is -2.37. The minimum atomic E-state index is -0.529. The van der Waals surface area contributed by atoms with Gasteiger partial charge in [-0.1, -0.05) is 0 Å². The molecule has 0 spiro atoms. The molecule has 0 N–H and O–H groups in total. The van der Waals surface area contributed by atoms with E-state index in [2.05, 4.69) is 0 Å². The topological polar surface area (TPSA) is 35.5 Å². The lowest BCUT2D eigenvalue weighted by Crippen LogP contribution is -2.44. The van der Waals surface area contributed by atoms with Crippen molar-refractivity contribution in [1.82, 2.24) is 0 Å². The number of hydrogen-bond acceptors (Lipinski definition) is 3. The number of hydrogen-bond donors (Lipinski definition) is 0. The first-order valence-corrected chi connectivity index (χ1v) is 3.82. The zero-order valence-corrected chi connectivity index (χ0v) is 7.16. The Hall–Kier alpha value is -0.410. The highest BCUT2D eigenvalue weighted by Gasteiger charge is 2.33. The molecular formula is C8H14O3. The third kappa shape index (κ3) is 2.01. The Morgan fingerprint density at radius 2 is 2.18 bits per heavy atom. The van der Waals surface area contributed by atoms with E-state index in [0.29, 0.717) is 6.61 Å². The first kappa shape index (κ1) is 8.68. The molecule has 0 saturated carbocycles. The molecule has 11 heavy (non-hydrogen) atoms. The molecule has 0 aliphatic carbocycles. The van der Waals surface area contributed by atoms with Crippen molar-refractivity contribution < 1.29 is 14.3 Å². The fraction of sp³-hybridized carbons (Fsp3) is 0.875. The van der Waals surface area contributed by atoms with E-state index in [1.54, 1.807) is 0 Å². The van der Waals surface area contributed by atoms with Crippen molar-refractivity contribution in [3.05, 3.63) is 0 Å². The van der Waals surface area contributed by atoms with Crippen LogP contribution in [-0.2, 0) is 14.3 Å². The smallest absolute Gasteiger partial charge is 0.163 e. The van der Waals surface area contributed by atoms with Crippen LogP contribution in [-0.4, -0.2) is 24.8 Å². The van der Waals surface area contributed by atoms with Crippen molar-refractivity contribution >= 4 is 6.29 Å². The van der Waals surface area contributed by atoms with E-state index < -0.39 is 5.79 Å². The predicted molar refractivity (Wildman–Crippen MR) is 40.1 cm³/mol. The van der Waals surface area contributed by atoms with Crippen LogP contribution in [0.15, 0.2) is 0 Å². The van der Waals surface area contributed by atoms with Gasteiger partial charge in [-0.2, -0.15) is 0 Å². The standard InChI is InChI=1S/C8H14O3/c1-6-7(4-9)5-10-8(2,3)11-6/h4,6-7H,5H2,1-3H3. The molecule has 1 fully saturated rings. The highest BCUT2D eigenvalue weighted by Crippen LogP contribution is 2.24. The van der Waals surface area contributed by atoms with Gasteiger partial charge < -0.3 is 14.3 Å². The minimum absolute atomic E-state index is 0.0313. The molecule has 1 heterocycles. The molecule has 0 aromatic rings.